The highest BCUT2D eigenvalue weighted by Crippen LogP contribution is 2.19. The number of aromatic nitrogens is 2. The average molecular weight is 344 g/mol. The lowest BCUT2D eigenvalue weighted by Crippen LogP contribution is -2.27. The lowest BCUT2D eigenvalue weighted by atomic mass is 10.3. The van der Waals surface area contributed by atoms with Gasteiger partial charge in [0.1, 0.15) is 30.3 Å². The first kappa shape index (κ1) is 18.5. The van der Waals surface area contributed by atoms with Crippen molar-refractivity contribution < 1.29 is 9.53 Å². The summed E-state index contributed by atoms with van der Waals surface area (Å²) in [4.78, 5) is 21.2. The summed E-state index contributed by atoms with van der Waals surface area (Å²) in [5.41, 5.74) is 5.92. The van der Waals surface area contributed by atoms with Crippen molar-refractivity contribution in [3.63, 3.8) is 0 Å². The topological polar surface area (TPSA) is 105 Å². The van der Waals surface area contributed by atoms with Crippen LogP contribution in [0, 0.1) is 0 Å². The summed E-state index contributed by atoms with van der Waals surface area (Å²) in [5.74, 6) is 1.70. The van der Waals surface area contributed by atoms with Gasteiger partial charge in [0.15, 0.2) is 0 Å². The van der Waals surface area contributed by atoms with Gasteiger partial charge in [-0.15, -0.1) is 0 Å². The Morgan fingerprint density at radius 2 is 1.84 bits per heavy atom. The van der Waals surface area contributed by atoms with Gasteiger partial charge in [0.25, 0.3) is 0 Å². The van der Waals surface area contributed by atoms with Crippen LogP contribution in [0.1, 0.15) is 13.8 Å². The molecule has 0 saturated heterocycles. The fourth-order valence-electron chi connectivity index (χ4n) is 2.24. The second-order valence-electron chi connectivity index (χ2n) is 5.30. The number of carbonyl (C=O) groups excluding carboxylic acids is 1. The molecule has 0 radical (unpaired) electrons. The molecule has 2 amide bonds. The van der Waals surface area contributed by atoms with E-state index in [1.807, 2.05) is 24.3 Å². The Morgan fingerprint density at radius 3 is 2.48 bits per heavy atom. The number of rotatable bonds is 9. The molecule has 4 N–H and O–H groups in total. The van der Waals surface area contributed by atoms with Crippen LogP contribution in [-0.4, -0.2) is 47.1 Å². The van der Waals surface area contributed by atoms with E-state index in [1.54, 1.807) is 6.07 Å². The molecular formula is C17H24N6O2. The molecule has 0 bridgehead atoms. The van der Waals surface area contributed by atoms with Crippen LogP contribution < -0.4 is 21.1 Å². The van der Waals surface area contributed by atoms with Crippen molar-refractivity contribution in [3.8, 4) is 5.75 Å². The van der Waals surface area contributed by atoms with Crippen molar-refractivity contribution in [2.24, 2.45) is 5.73 Å². The molecule has 0 saturated carbocycles. The predicted molar refractivity (Wildman–Crippen MR) is 98.2 cm³/mol. The molecule has 0 aliphatic carbocycles. The molecule has 0 atom stereocenters. The molecule has 1 heterocycles. The third kappa shape index (κ3) is 6.27. The molecule has 25 heavy (non-hydrogen) atoms. The standard InChI is InChI=1S/C17H24N6O2/c1-3-23(4-2)9-10-25-14-7-5-13(6-8-14)21-15-11-16(20-12-19-15)22-17(18)24/h5-8,11-12H,3-4,9-10H2,1-2H3,(H4,18,19,20,21,22,24). The van der Waals surface area contributed by atoms with Crippen LogP contribution in [0.15, 0.2) is 36.7 Å². The number of nitrogens with zero attached hydrogens (tertiary/aromatic N) is 3. The molecule has 0 aliphatic rings. The van der Waals surface area contributed by atoms with Gasteiger partial charge in [-0.2, -0.15) is 0 Å². The first-order valence-corrected chi connectivity index (χ1v) is 8.21. The van der Waals surface area contributed by atoms with Crippen LogP contribution in [-0.2, 0) is 0 Å². The zero-order chi connectivity index (χ0) is 18.1. The van der Waals surface area contributed by atoms with E-state index < -0.39 is 6.03 Å². The van der Waals surface area contributed by atoms with E-state index in [-0.39, 0.29) is 0 Å². The molecule has 1 aromatic heterocycles. The Bertz CT molecular complexity index is 673. The normalized spacial score (nSPS) is 10.5. The third-order valence-corrected chi connectivity index (χ3v) is 3.62. The van der Waals surface area contributed by atoms with Gasteiger partial charge < -0.3 is 20.7 Å². The van der Waals surface area contributed by atoms with E-state index in [4.69, 9.17) is 10.5 Å². The van der Waals surface area contributed by atoms with Gasteiger partial charge in [0.2, 0.25) is 0 Å². The van der Waals surface area contributed by atoms with E-state index in [9.17, 15) is 4.79 Å². The second-order valence-corrected chi connectivity index (χ2v) is 5.30. The molecule has 0 aliphatic heterocycles. The number of anilines is 3. The van der Waals surface area contributed by atoms with Gasteiger partial charge >= 0.3 is 6.03 Å². The number of nitrogens with two attached hydrogens (primary N) is 1. The fraction of sp³-hybridized carbons (Fsp3) is 0.353. The molecule has 0 unspecified atom stereocenters. The zero-order valence-electron chi connectivity index (χ0n) is 14.5. The van der Waals surface area contributed by atoms with Gasteiger partial charge in [-0.3, -0.25) is 5.32 Å². The molecule has 0 fully saturated rings. The van der Waals surface area contributed by atoms with Gasteiger partial charge in [0.05, 0.1) is 0 Å². The number of ether oxygens (including phenoxy) is 1. The second kappa shape index (κ2) is 9.43. The first-order chi connectivity index (χ1) is 12.1. The summed E-state index contributed by atoms with van der Waals surface area (Å²) >= 11 is 0. The van der Waals surface area contributed by atoms with Crippen LogP contribution in [0.4, 0.5) is 22.1 Å². The minimum absolute atomic E-state index is 0.335. The van der Waals surface area contributed by atoms with E-state index >= 15 is 0 Å². The van der Waals surface area contributed by atoms with Crippen LogP contribution >= 0.6 is 0 Å². The fourth-order valence-corrected chi connectivity index (χ4v) is 2.24. The van der Waals surface area contributed by atoms with Crippen LogP contribution in [0.3, 0.4) is 0 Å². The van der Waals surface area contributed by atoms with Crippen LogP contribution in [0.2, 0.25) is 0 Å². The van der Waals surface area contributed by atoms with Crippen LogP contribution in [0.25, 0.3) is 0 Å². The van der Waals surface area contributed by atoms with E-state index in [1.165, 1.54) is 6.33 Å². The van der Waals surface area contributed by atoms with E-state index in [0.717, 1.165) is 31.1 Å². The van der Waals surface area contributed by atoms with Gasteiger partial charge in [0, 0.05) is 18.3 Å². The largest absolute Gasteiger partial charge is 0.492 e. The summed E-state index contributed by atoms with van der Waals surface area (Å²) in [6, 6.07) is 8.52. The van der Waals surface area contributed by atoms with E-state index in [0.29, 0.717) is 18.2 Å². The number of benzene rings is 1. The Morgan fingerprint density at radius 1 is 1.16 bits per heavy atom. The smallest absolute Gasteiger partial charge is 0.317 e. The highest BCUT2D eigenvalue weighted by Gasteiger charge is 2.03. The monoisotopic (exact) mass is 344 g/mol. The average Bonchev–Trinajstić information content (AvgIpc) is 2.60. The summed E-state index contributed by atoms with van der Waals surface area (Å²) in [5, 5.41) is 5.54. The maximum atomic E-state index is 10.9. The van der Waals surface area contributed by atoms with Crippen molar-refractivity contribution in [3.05, 3.63) is 36.7 Å². The Labute approximate surface area is 147 Å². The number of hydrogen-bond acceptors (Lipinski definition) is 6. The van der Waals surface area contributed by atoms with Crippen molar-refractivity contribution >= 4 is 23.4 Å². The Balaban J connectivity index is 1.88. The highest BCUT2D eigenvalue weighted by molar-refractivity contribution is 5.87. The summed E-state index contributed by atoms with van der Waals surface area (Å²) in [7, 11) is 0. The quantitative estimate of drug-likeness (QED) is 0.645. The van der Waals surface area contributed by atoms with Crippen molar-refractivity contribution in [2.45, 2.75) is 13.8 Å². The van der Waals surface area contributed by atoms with Gasteiger partial charge in [-0.25, -0.2) is 14.8 Å². The minimum Gasteiger partial charge on any atom is -0.492 e. The van der Waals surface area contributed by atoms with Crippen molar-refractivity contribution in [1.82, 2.24) is 14.9 Å². The number of hydrogen-bond donors (Lipinski definition) is 3. The maximum absolute atomic E-state index is 10.9. The molecule has 2 rings (SSSR count). The lowest BCUT2D eigenvalue weighted by molar-refractivity contribution is 0.223. The molecule has 1 aromatic carbocycles. The summed E-state index contributed by atoms with van der Waals surface area (Å²) in [6.07, 6.45) is 1.35. The summed E-state index contributed by atoms with van der Waals surface area (Å²) < 4.78 is 5.75. The molecule has 0 spiro atoms. The molecule has 8 heteroatoms. The maximum Gasteiger partial charge on any atom is 0.317 e. The van der Waals surface area contributed by atoms with Gasteiger partial charge in [-0.05, 0) is 37.4 Å². The number of likely N-dealkylation sites (N-methyl/N-ethyl adjacent to an activating group) is 1. The van der Waals surface area contributed by atoms with Gasteiger partial charge in [-0.1, -0.05) is 13.8 Å². The SMILES string of the molecule is CCN(CC)CCOc1ccc(Nc2cc(NC(N)=O)ncn2)cc1. The highest BCUT2D eigenvalue weighted by atomic mass is 16.5. The Hall–Kier alpha value is -2.87. The number of urea groups is 1. The molecule has 8 nitrogen and oxygen atoms in total. The first-order valence-electron chi connectivity index (χ1n) is 8.21. The van der Waals surface area contributed by atoms with E-state index in [2.05, 4.69) is 39.3 Å². The summed E-state index contributed by atoms with van der Waals surface area (Å²) in [6.45, 7) is 7.89. The number of amides is 2. The van der Waals surface area contributed by atoms with Crippen LogP contribution in [0.5, 0.6) is 5.75 Å². The molecular weight excluding hydrogens is 320 g/mol. The zero-order valence-corrected chi connectivity index (χ0v) is 14.5. The predicted octanol–water partition coefficient (Wildman–Crippen LogP) is 2.43. The minimum atomic E-state index is -0.670. The molecule has 2 aromatic rings. The number of primary amides is 1. The number of nitrogens with one attached hydrogen (secondary N) is 2. The third-order valence-electron chi connectivity index (χ3n) is 3.62. The van der Waals surface area contributed by atoms with Crippen molar-refractivity contribution in [2.75, 3.05) is 36.9 Å². The molecule has 134 valence electrons. The van der Waals surface area contributed by atoms with Crippen molar-refractivity contribution in [1.29, 1.82) is 0 Å². The lowest BCUT2D eigenvalue weighted by Gasteiger charge is -2.18. The Kier molecular flexibility index (Phi) is 6.97. The number of carbonyl (C=O) groups is 1.